The van der Waals surface area contributed by atoms with Crippen molar-refractivity contribution in [1.29, 1.82) is 0 Å². The Hall–Kier alpha value is -2.16. The van der Waals surface area contributed by atoms with Crippen LogP contribution >= 0.6 is 0 Å². The first-order chi connectivity index (χ1) is 11.3. The average Bonchev–Trinajstić information content (AvgIpc) is 3.11. The summed E-state index contributed by atoms with van der Waals surface area (Å²) in [4.78, 5) is 0. The Balaban J connectivity index is 1.71. The molecule has 3 nitrogen and oxygen atoms in total. The van der Waals surface area contributed by atoms with Gasteiger partial charge in [-0.15, -0.1) is 0 Å². The minimum Gasteiger partial charge on any atom is -0.497 e. The lowest BCUT2D eigenvalue weighted by Gasteiger charge is -2.36. The van der Waals surface area contributed by atoms with Gasteiger partial charge >= 0.3 is 0 Å². The van der Waals surface area contributed by atoms with Gasteiger partial charge in [0, 0.05) is 11.5 Å². The van der Waals surface area contributed by atoms with E-state index < -0.39 is 0 Å². The summed E-state index contributed by atoms with van der Waals surface area (Å²) in [5.41, 5.74) is 2.56. The largest absolute Gasteiger partial charge is 0.497 e. The summed E-state index contributed by atoms with van der Waals surface area (Å²) in [6.07, 6.45) is 3.86. The summed E-state index contributed by atoms with van der Waals surface area (Å²) >= 11 is 0. The number of ether oxygens (including phenoxy) is 3. The SMILES string of the molecule is COc1ccc([C@@H]2Oc3ccc(OC)cc3C3CCC[C@H]32)cc1. The lowest BCUT2D eigenvalue weighted by molar-refractivity contribution is 0.104. The summed E-state index contributed by atoms with van der Waals surface area (Å²) < 4.78 is 17.1. The van der Waals surface area contributed by atoms with E-state index in [0.717, 1.165) is 17.2 Å². The first-order valence-corrected chi connectivity index (χ1v) is 8.28. The molecule has 1 fully saturated rings. The van der Waals surface area contributed by atoms with E-state index in [1.54, 1.807) is 14.2 Å². The molecule has 4 rings (SSSR count). The minimum atomic E-state index is 0.134. The smallest absolute Gasteiger partial charge is 0.127 e. The van der Waals surface area contributed by atoms with Gasteiger partial charge in [-0.2, -0.15) is 0 Å². The van der Waals surface area contributed by atoms with Gasteiger partial charge in [0.25, 0.3) is 0 Å². The van der Waals surface area contributed by atoms with E-state index >= 15 is 0 Å². The van der Waals surface area contributed by atoms with E-state index in [1.165, 1.54) is 30.4 Å². The molecule has 0 aromatic heterocycles. The highest BCUT2D eigenvalue weighted by atomic mass is 16.5. The number of rotatable bonds is 3. The molecular formula is C20H22O3. The zero-order valence-corrected chi connectivity index (χ0v) is 13.6. The van der Waals surface area contributed by atoms with Crippen LogP contribution in [0.1, 0.15) is 42.4 Å². The Labute approximate surface area is 137 Å². The van der Waals surface area contributed by atoms with Crippen LogP contribution in [0.25, 0.3) is 0 Å². The van der Waals surface area contributed by atoms with Gasteiger partial charge in [0.2, 0.25) is 0 Å². The van der Waals surface area contributed by atoms with Gasteiger partial charge in [-0.25, -0.2) is 0 Å². The minimum absolute atomic E-state index is 0.134. The van der Waals surface area contributed by atoms with Gasteiger partial charge in [0.1, 0.15) is 23.4 Å². The van der Waals surface area contributed by atoms with E-state index in [2.05, 4.69) is 24.3 Å². The highest BCUT2D eigenvalue weighted by Crippen LogP contribution is 2.54. The fourth-order valence-electron chi connectivity index (χ4n) is 4.12. The second kappa shape index (κ2) is 5.80. The summed E-state index contributed by atoms with van der Waals surface area (Å²) in [7, 11) is 3.42. The Kier molecular flexibility index (Phi) is 3.64. The van der Waals surface area contributed by atoms with Gasteiger partial charge in [-0.3, -0.25) is 0 Å². The fraction of sp³-hybridized carbons (Fsp3) is 0.400. The van der Waals surface area contributed by atoms with Crippen LogP contribution in [0.5, 0.6) is 17.2 Å². The zero-order chi connectivity index (χ0) is 15.8. The molecule has 0 saturated heterocycles. The van der Waals surface area contributed by atoms with Crippen molar-refractivity contribution in [2.45, 2.75) is 31.3 Å². The fourth-order valence-corrected chi connectivity index (χ4v) is 4.12. The molecule has 1 heterocycles. The zero-order valence-electron chi connectivity index (χ0n) is 13.6. The Morgan fingerprint density at radius 2 is 1.65 bits per heavy atom. The molecule has 2 aromatic carbocycles. The Morgan fingerprint density at radius 3 is 2.39 bits per heavy atom. The highest BCUT2D eigenvalue weighted by Gasteiger charge is 2.42. The lowest BCUT2D eigenvalue weighted by Crippen LogP contribution is -2.26. The van der Waals surface area contributed by atoms with Gasteiger partial charge in [0.05, 0.1) is 14.2 Å². The van der Waals surface area contributed by atoms with Crippen LogP contribution in [0.4, 0.5) is 0 Å². The molecule has 1 aliphatic carbocycles. The maximum Gasteiger partial charge on any atom is 0.127 e. The van der Waals surface area contributed by atoms with E-state index in [4.69, 9.17) is 14.2 Å². The molecule has 3 heteroatoms. The van der Waals surface area contributed by atoms with Crippen LogP contribution in [0.15, 0.2) is 42.5 Å². The molecule has 2 aromatic rings. The monoisotopic (exact) mass is 310 g/mol. The van der Waals surface area contributed by atoms with Crippen molar-refractivity contribution in [3.05, 3.63) is 53.6 Å². The Morgan fingerprint density at radius 1 is 0.913 bits per heavy atom. The summed E-state index contributed by atoms with van der Waals surface area (Å²) in [5, 5.41) is 0. The first-order valence-electron chi connectivity index (χ1n) is 8.28. The molecule has 1 aliphatic heterocycles. The van der Waals surface area contributed by atoms with Gasteiger partial charge in [-0.05, 0) is 54.7 Å². The average molecular weight is 310 g/mol. The van der Waals surface area contributed by atoms with Crippen LogP contribution in [0.2, 0.25) is 0 Å². The molecule has 0 radical (unpaired) electrons. The van der Waals surface area contributed by atoms with Crippen LogP contribution < -0.4 is 14.2 Å². The van der Waals surface area contributed by atoms with Crippen LogP contribution in [-0.4, -0.2) is 14.2 Å². The second-order valence-corrected chi connectivity index (χ2v) is 6.42. The molecule has 120 valence electrons. The molecule has 0 bridgehead atoms. The van der Waals surface area contributed by atoms with E-state index in [1.807, 2.05) is 18.2 Å². The lowest BCUT2D eigenvalue weighted by atomic mass is 9.80. The molecule has 1 unspecified atom stereocenters. The molecular weight excluding hydrogens is 288 g/mol. The number of benzene rings is 2. The van der Waals surface area contributed by atoms with Gasteiger partial charge in [-0.1, -0.05) is 18.6 Å². The normalized spacial score (nSPS) is 25.2. The van der Waals surface area contributed by atoms with Gasteiger partial charge < -0.3 is 14.2 Å². The summed E-state index contributed by atoms with van der Waals surface area (Å²) in [6, 6.07) is 14.5. The van der Waals surface area contributed by atoms with E-state index in [0.29, 0.717) is 11.8 Å². The summed E-state index contributed by atoms with van der Waals surface area (Å²) in [6.45, 7) is 0. The third-order valence-electron chi connectivity index (χ3n) is 5.27. The van der Waals surface area contributed by atoms with Crippen molar-refractivity contribution in [2.75, 3.05) is 14.2 Å². The number of fused-ring (bicyclic) bond motifs is 3. The van der Waals surface area contributed by atoms with Crippen LogP contribution in [0, 0.1) is 5.92 Å². The Bertz CT molecular complexity index is 693. The molecule has 2 aliphatic rings. The first kappa shape index (κ1) is 14.4. The van der Waals surface area contributed by atoms with Crippen molar-refractivity contribution in [3.63, 3.8) is 0 Å². The molecule has 3 atom stereocenters. The van der Waals surface area contributed by atoms with Crippen LogP contribution in [-0.2, 0) is 0 Å². The predicted octanol–water partition coefficient (Wildman–Crippen LogP) is 4.72. The molecule has 1 saturated carbocycles. The van der Waals surface area contributed by atoms with Crippen molar-refractivity contribution in [1.82, 2.24) is 0 Å². The maximum atomic E-state index is 6.41. The van der Waals surface area contributed by atoms with Crippen LogP contribution in [0.3, 0.4) is 0 Å². The molecule has 23 heavy (non-hydrogen) atoms. The third-order valence-corrected chi connectivity index (χ3v) is 5.27. The van der Waals surface area contributed by atoms with Crippen molar-refractivity contribution >= 4 is 0 Å². The van der Waals surface area contributed by atoms with Crippen molar-refractivity contribution in [2.24, 2.45) is 5.92 Å². The molecule has 0 N–H and O–H groups in total. The predicted molar refractivity (Wildman–Crippen MR) is 89.4 cm³/mol. The number of hydrogen-bond acceptors (Lipinski definition) is 3. The van der Waals surface area contributed by atoms with Crippen molar-refractivity contribution in [3.8, 4) is 17.2 Å². The highest BCUT2D eigenvalue weighted by molar-refractivity contribution is 5.46. The summed E-state index contributed by atoms with van der Waals surface area (Å²) in [5.74, 6) is 3.93. The quantitative estimate of drug-likeness (QED) is 0.821. The molecule has 0 spiro atoms. The topological polar surface area (TPSA) is 27.7 Å². The van der Waals surface area contributed by atoms with Gasteiger partial charge in [0.15, 0.2) is 0 Å². The van der Waals surface area contributed by atoms with E-state index in [9.17, 15) is 0 Å². The van der Waals surface area contributed by atoms with Crippen molar-refractivity contribution < 1.29 is 14.2 Å². The second-order valence-electron chi connectivity index (χ2n) is 6.42. The number of methoxy groups -OCH3 is 2. The maximum absolute atomic E-state index is 6.41. The third kappa shape index (κ3) is 2.44. The number of hydrogen-bond donors (Lipinski definition) is 0. The standard InChI is InChI=1S/C20H22O3/c1-21-14-8-6-13(7-9-14)20-17-5-3-4-16(17)18-12-15(22-2)10-11-19(18)23-20/h6-12,16-17,20H,3-5H2,1-2H3/t16?,17-,20+/m1/s1. The van der Waals surface area contributed by atoms with E-state index in [-0.39, 0.29) is 6.10 Å². The molecule has 0 amide bonds.